The molecule has 7 nitrogen and oxygen atoms in total. The minimum Gasteiger partial charge on any atom is -0.378 e. The fourth-order valence-corrected chi connectivity index (χ4v) is 2.10. The number of H-pyrrole nitrogens is 1. The maximum Gasteiger partial charge on any atom is 0.182 e. The van der Waals surface area contributed by atoms with E-state index in [-0.39, 0.29) is 5.60 Å². The second-order valence-corrected chi connectivity index (χ2v) is 4.37. The van der Waals surface area contributed by atoms with Gasteiger partial charge >= 0.3 is 0 Å². The van der Waals surface area contributed by atoms with Gasteiger partial charge in [0, 0.05) is 26.7 Å². The highest BCUT2D eigenvalue weighted by Gasteiger charge is 2.34. The topological polar surface area (TPSA) is 85.0 Å². The monoisotopic (exact) mass is 249 g/mol. The number of hydrogen-bond acceptors (Lipinski definition) is 6. The minimum absolute atomic E-state index is 0.267. The van der Waals surface area contributed by atoms with Gasteiger partial charge in [-0.25, -0.2) is 15.0 Å². The molecule has 3 heterocycles. The van der Waals surface area contributed by atoms with Crippen molar-refractivity contribution in [3.63, 3.8) is 0 Å². The summed E-state index contributed by atoms with van der Waals surface area (Å²) >= 11 is 0. The van der Waals surface area contributed by atoms with Crippen LogP contribution in [0.3, 0.4) is 0 Å². The van der Waals surface area contributed by atoms with Gasteiger partial charge in [0.1, 0.15) is 17.4 Å². The number of aromatic nitrogens is 4. The summed E-state index contributed by atoms with van der Waals surface area (Å²) < 4.78 is 11.0. The Morgan fingerprint density at radius 1 is 1.50 bits per heavy atom. The van der Waals surface area contributed by atoms with Crippen molar-refractivity contribution in [3.8, 4) is 0 Å². The van der Waals surface area contributed by atoms with Crippen LogP contribution in [0.2, 0.25) is 0 Å². The van der Waals surface area contributed by atoms with E-state index in [0.717, 1.165) is 24.4 Å². The van der Waals surface area contributed by atoms with Crippen LogP contribution in [-0.4, -0.2) is 52.4 Å². The summed E-state index contributed by atoms with van der Waals surface area (Å²) in [5.74, 6) is 0.737. The number of rotatable bonds is 4. The third kappa shape index (κ3) is 1.91. The first-order valence-corrected chi connectivity index (χ1v) is 5.84. The maximum absolute atomic E-state index is 5.56. The maximum atomic E-state index is 5.56. The van der Waals surface area contributed by atoms with Crippen molar-refractivity contribution in [3.05, 3.63) is 12.7 Å². The molecule has 2 aromatic rings. The van der Waals surface area contributed by atoms with E-state index in [4.69, 9.17) is 9.47 Å². The van der Waals surface area contributed by atoms with E-state index in [9.17, 15) is 0 Å². The predicted octanol–water partition coefficient (Wildman–Crippen LogP) is 0.570. The van der Waals surface area contributed by atoms with Crippen LogP contribution >= 0.6 is 0 Å². The molecule has 3 rings (SSSR count). The van der Waals surface area contributed by atoms with E-state index in [1.165, 1.54) is 6.33 Å². The molecule has 0 bridgehead atoms. The molecule has 2 aromatic heterocycles. The number of ether oxygens (including phenoxy) is 2. The summed E-state index contributed by atoms with van der Waals surface area (Å²) in [6.07, 6.45) is 3.99. The van der Waals surface area contributed by atoms with Crippen LogP contribution in [-0.2, 0) is 9.47 Å². The van der Waals surface area contributed by atoms with Crippen molar-refractivity contribution in [2.45, 2.75) is 12.0 Å². The Labute approximate surface area is 104 Å². The van der Waals surface area contributed by atoms with Crippen LogP contribution in [0.4, 0.5) is 5.82 Å². The average molecular weight is 249 g/mol. The number of anilines is 1. The number of hydrogen-bond donors (Lipinski definition) is 2. The smallest absolute Gasteiger partial charge is 0.182 e. The Kier molecular flexibility index (Phi) is 2.85. The van der Waals surface area contributed by atoms with Crippen molar-refractivity contribution in [1.29, 1.82) is 0 Å². The first kappa shape index (κ1) is 11.4. The number of imidazole rings is 1. The molecule has 1 fully saturated rings. The van der Waals surface area contributed by atoms with Gasteiger partial charge in [-0.3, -0.25) is 0 Å². The highest BCUT2D eigenvalue weighted by atomic mass is 16.5. The molecule has 1 aliphatic heterocycles. The molecule has 0 aromatic carbocycles. The summed E-state index contributed by atoms with van der Waals surface area (Å²) in [5.41, 5.74) is 1.20. The molecule has 0 saturated carbocycles. The summed E-state index contributed by atoms with van der Waals surface area (Å²) in [5, 5.41) is 3.28. The molecule has 1 atom stereocenters. The van der Waals surface area contributed by atoms with Crippen LogP contribution in [0.5, 0.6) is 0 Å². The third-order valence-electron chi connectivity index (χ3n) is 3.30. The third-order valence-corrected chi connectivity index (χ3v) is 3.30. The molecule has 0 amide bonds. The number of methoxy groups -OCH3 is 1. The number of fused-ring (bicyclic) bond motifs is 1. The zero-order valence-electron chi connectivity index (χ0n) is 10.1. The van der Waals surface area contributed by atoms with Crippen LogP contribution in [0.15, 0.2) is 12.7 Å². The summed E-state index contributed by atoms with van der Waals surface area (Å²) in [6, 6.07) is 0. The van der Waals surface area contributed by atoms with Gasteiger partial charge in [-0.05, 0) is 0 Å². The predicted molar refractivity (Wildman–Crippen MR) is 65.3 cm³/mol. The fraction of sp³-hybridized carbons (Fsp3) is 0.545. The van der Waals surface area contributed by atoms with Gasteiger partial charge in [0.15, 0.2) is 11.5 Å². The van der Waals surface area contributed by atoms with Crippen molar-refractivity contribution < 1.29 is 9.47 Å². The molecule has 2 N–H and O–H groups in total. The quantitative estimate of drug-likeness (QED) is 0.824. The highest BCUT2D eigenvalue weighted by molar-refractivity contribution is 5.81. The lowest BCUT2D eigenvalue weighted by molar-refractivity contribution is -0.00623. The van der Waals surface area contributed by atoms with Crippen molar-refractivity contribution in [2.75, 3.05) is 32.2 Å². The van der Waals surface area contributed by atoms with Gasteiger partial charge in [0.2, 0.25) is 0 Å². The molecule has 0 spiro atoms. The van der Waals surface area contributed by atoms with Crippen LogP contribution in [0.1, 0.15) is 6.42 Å². The molecule has 1 unspecified atom stereocenters. The Balaban J connectivity index is 1.78. The van der Waals surface area contributed by atoms with Crippen molar-refractivity contribution >= 4 is 17.0 Å². The number of nitrogens with one attached hydrogen (secondary N) is 2. The molecule has 1 aliphatic rings. The molecule has 18 heavy (non-hydrogen) atoms. The van der Waals surface area contributed by atoms with Gasteiger partial charge in [-0.15, -0.1) is 0 Å². The lowest BCUT2D eigenvalue weighted by atomic mass is 10.0. The molecule has 0 radical (unpaired) electrons. The summed E-state index contributed by atoms with van der Waals surface area (Å²) in [6.45, 7) is 1.99. The lowest BCUT2D eigenvalue weighted by Crippen LogP contribution is -2.39. The number of aromatic amines is 1. The summed E-state index contributed by atoms with van der Waals surface area (Å²) in [7, 11) is 1.71. The molecule has 7 heteroatoms. The zero-order valence-corrected chi connectivity index (χ0v) is 10.1. The standard InChI is InChI=1S/C11H15N5O2/c1-17-11(2-3-18-5-11)4-12-9-8-10(14-6-13-8)16-7-15-9/h6-7H,2-5H2,1H3,(H2,12,13,14,15,16). The first-order valence-electron chi connectivity index (χ1n) is 5.84. The lowest BCUT2D eigenvalue weighted by Gasteiger charge is -2.26. The normalized spacial score (nSPS) is 23.6. The minimum atomic E-state index is -0.267. The van der Waals surface area contributed by atoms with E-state index in [2.05, 4.69) is 25.3 Å². The summed E-state index contributed by atoms with van der Waals surface area (Å²) in [4.78, 5) is 15.4. The van der Waals surface area contributed by atoms with Gasteiger partial charge < -0.3 is 19.8 Å². The molecule has 0 aliphatic carbocycles. The molecular formula is C11H15N5O2. The van der Waals surface area contributed by atoms with E-state index in [1.807, 2.05) is 0 Å². The highest BCUT2D eigenvalue weighted by Crippen LogP contribution is 2.24. The molecule has 96 valence electrons. The fourth-order valence-electron chi connectivity index (χ4n) is 2.10. The van der Waals surface area contributed by atoms with E-state index >= 15 is 0 Å². The van der Waals surface area contributed by atoms with E-state index in [0.29, 0.717) is 18.8 Å². The van der Waals surface area contributed by atoms with Crippen molar-refractivity contribution in [2.24, 2.45) is 0 Å². The Bertz CT molecular complexity index is 535. The zero-order chi connectivity index (χ0) is 12.4. The van der Waals surface area contributed by atoms with Crippen LogP contribution in [0, 0.1) is 0 Å². The Morgan fingerprint density at radius 2 is 2.44 bits per heavy atom. The second kappa shape index (κ2) is 4.51. The van der Waals surface area contributed by atoms with Gasteiger partial charge in [0.05, 0.1) is 12.9 Å². The SMILES string of the molecule is COC1(CNc2ncnc3nc[nH]c23)CCOC1. The number of nitrogens with zero attached hydrogens (tertiary/aromatic N) is 3. The van der Waals surface area contributed by atoms with Gasteiger partial charge in [0.25, 0.3) is 0 Å². The van der Waals surface area contributed by atoms with Gasteiger partial charge in [-0.2, -0.15) is 0 Å². The Hall–Kier alpha value is -1.73. The molecular weight excluding hydrogens is 234 g/mol. The van der Waals surface area contributed by atoms with Gasteiger partial charge in [-0.1, -0.05) is 0 Å². The second-order valence-electron chi connectivity index (χ2n) is 4.37. The average Bonchev–Trinajstić information content (AvgIpc) is 3.06. The van der Waals surface area contributed by atoms with E-state index in [1.54, 1.807) is 13.4 Å². The first-order chi connectivity index (χ1) is 8.83. The van der Waals surface area contributed by atoms with Crippen LogP contribution < -0.4 is 5.32 Å². The van der Waals surface area contributed by atoms with Crippen LogP contribution in [0.25, 0.3) is 11.2 Å². The van der Waals surface area contributed by atoms with Crippen molar-refractivity contribution in [1.82, 2.24) is 19.9 Å². The van der Waals surface area contributed by atoms with E-state index < -0.39 is 0 Å². The Morgan fingerprint density at radius 3 is 3.22 bits per heavy atom. The largest absolute Gasteiger partial charge is 0.378 e. The molecule has 1 saturated heterocycles.